The fraction of sp³-hybridized carbons (Fsp3) is 0.222. The third-order valence-corrected chi connectivity index (χ3v) is 6.73. The molecule has 35 heavy (non-hydrogen) atoms. The maximum Gasteiger partial charge on any atom is 0.238 e. The Labute approximate surface area is 208 Å². The Bertz CT molecular complexity index is 1200. The molecule has 1 fully saturated rings. The Kier molecular flexibility index (Phi) is 8.15. The van der Waals surface area contributed by atoms with E-state index in [9.17, 15) is 14.0 Å². The average molecular weight is 492 g/mol. The summed E-state index contributed by atoms with van der Waals surface area (Å²) >= 11 is 1.24. The number of hydrogen-bond donors (Lipinski definition) is 1. The molecule has 3 aromatic carbocycles. The van der Waals surface area contributed by atoms with Gasteiger partial charge in [-0.1, -0.05) is 54.2 Å². The van der Waals surface area contributed by atoms with Crippen LogP contribution in [0.2, 0.25) is 0 Å². The molecule has 0 radical (unpaired) electrons. The lowest BCUT2D eigenvalue weighted by Crippen LogP contribution is -2.45. The summed E-state index contributed by atoms with van der Waals surface area (Å²) in [6.45, 7) is 0.474. The Morgan fingerprint density at radius 3 is 2.54 bits per heavy atom. The summed E-state index contributed by atoms with van der Waals surface area (Å²) in [4.78, 5) is 32.4. The van der Waals surface area contributed by atoms with E-state index in [0.29, 0.717) is 28.8 Å². The summed E-state index contributed by atoms with van der Waals surface area (Å²) in [5.74, 6) is -0.299. The van der Waals surface area contributed by atoms with Crippen molar-refractivity contribution in [3.63, 3.8) is 0 Å². The SMILES string of the molecule is COc1ccccc1NC(=O)C1CC(=O)N(CCCc2ccccc2)C(=Nc2ccc(F)cc2)S1. The minimum atomic E-state index is -0.656. The second kappa shape index (κ2) is 11.7. The summed E-state index contributed by atoms with van der Waals surface area (Å²) in [7, 11) is 1.53. The number of rotatable bonds is 8. The van der Waals surface area contributed by atoms with Crippen LogP contribution in [-0.4, -0.2) is 40.8 Å². The first-order valence-electron chi connectivity index (χ1n) is 11.3. The number of aliphatic imine (C=N–C) groups is 1. The number of benzene rings is 3. The van der Waals surface area contributed by atoms with Crippen molar-refractivity contribution in [1.29, 1.82) is 0 Å². The molecule has 1 N–H and O–H groups in total. The van der Waals surface area contributed by atoms with Crippen molar-refractivity contribution in [3.8, 4) is 5.75 Å². The van der Waals surface area contributed by atoms with Crippen LogP contribution in [0.3, 0.4) is 0 Å². The van der Waals surface area contributed by atoms with Crippen LogP contribution in [0.25, 0.3) is 0 Å². The van der Waals surface area contributed by atoms with E-state index in [1.54, 1.807) is 35.2 Å². The smallest absolute Gasteiger partial charge is 0.238 e. The number of thioether (sulfide) groups is 1. The van der Waals surface area contributed by atoms with E-state index in [2.05, 4.69) is 22.4 Å². The highest BCUT2D eigenvalue weighted by atomic mass is 32.2. The normalized spacial score (nSPS) is 16.9. The predicted octanol–water partition coefficient (Wildman–Crippen LogP) is 5.43. The van der Waals surface area contributed by atoms with E-state index in [1.165, 1.54) is 36.6 Å². The Morgan fingerprint density at radius 2 is 1.80 bits per heavy atom. The van der Waals surface area contributed by atoms with Gasteiger partial charge in [-0.3, -0.25) is 14.5 Å². The number of amidine groups is 1. The number of ether oxygens (including phenoxy) is 1. The number of nitrogens with one attached hydrogen (secondary N) is 1. The molecule has 0 spiro atoms. The molecule has 180 valence electrons. The number of nitrogens with zero attached hydrogens (tertiary/aromatic N) is 2. The highest BCUT2D eigenvalue weighted by Crippen LogP contribution is 2.31. The molecule has 6 nitrogen and oxygen atoms in total. The summed E-state index contributed by atoms with van der Waals surface area (Å²) in [5, 5.41) is 2.64. The summed E-state index contributed by atoms with van der Waals surface area (Å²) in [6.07, 6.45) is 1.62. The summed E-state index contributed by atoms with van der Waals surface area (Å²) < 4.78 is 18.7. The molecular formula is C27H26FN3O3S. The zero-order chi connectivity index (χ0) is 24.6. The predicted molar refractivity (Wildman–Crippen MR) is 138 cm³/mol. The molecule has 1 heterocycles. The molecule has 4 rings (SSSR count). The number of aryl methyl sites for hydroxylation is 1. The molecule has 1 atom stereocenters. The summed E-state index contributed by atoms with van der Waals surface area (Å²) in [6, 6.07) is 22.9. The molecule has 1 aliphatic heterocycles. The number of amides is 2. The molecule has 0 aromatic heterocycles. The molecule has 1 saturated heterocycles. The van der Waals surface area contributed by atoms with Crippen LogP contribution in [0.1, 0.15) is 18.4 Å². The monoisotopic (exact) mass is 491 g/mol. The molecule has 1 aliphatic rings. The third kappa shape index (κ3) is 6.48. The first-order valence-corrected chi connectivity index (χ1v) is 12.2. The van der Waals surface area contributed by atoms with E-state index >= 15 is 0 Å². The number of hydrogen-bond acceptors (Lipinski definition) is 5. The maximum absolute atomic E-state index is 13.4. The highest BCUT2D eigenvalue weighted by Gasteiger charge is 2.36. The molecule has 8 heteroatoms. The van der Waals surface area contributed by atoms with Gasteiger partial charge in [0.25, 0.3) is 0 Å². The number of para-hydroxylation sites is 2. The molecule has 2 amide bonds. The number of anilines is 1. The highest BCUT2D eigenvalue weighted by molar-refractivity contribution is 8.15. The molecule has 1 unspecified atom stereocenters. The number of halogens is 1. The van der Waals surface area contributed by atoms with Gasteiger partial charge in [-0.15, -0.1) is 0 Å². The largest absolute Gasteiger partial charge is 0.495 e. The maximum atomic E-state index is 13.4. The molecule has 3 aromatic rings. The molecule has 0 saturated carbocycles. The minimum absolute atomic E-state index is 0.0550. The first kappa shape index (κ1) is 24.5. The van der Waals surface area contributed by atoms with Crippen molar-refractivity contribution in [1.82, 2.24) is 4.90 Å². The van der Waals surface area contributed by atoms with Crippen LogP contribution in [0.15, 0.2) is 83.9 Å². The quantitative estimate of drug-likeness (QED) is 0.456. The number of methoxy groups -OCH3 is 1. The van der Waals surface area contributed by atoms with Crippen molar-refractivity contribution in [2.45, 2.75) is 24.5 Å². The van der Waals surface area contributed by atoms with Crippen LogP contribution < -0.4 is 10.1 Å². The van der Waals surface area contributed by atoms with Gasteiger partial charge in [0, 0.05) is 13.0 Å². The lowest BCUT2D eigenvalue weighted by Gasteiger charge is -2.32. The van der Waals surface area contributed by atoms with Crippen molar-refractivity contribution in [3.05, 3.63) is 90.2 Å². The van der Waals surface area contributed by atoms with Crippen LogP contribution in [0, 0.1) is 5.82 Å². The van der Waals surface area contributed by atoms with Crippen molar-refractivity contribution in [2.75, 3.05) is 19.0 Å². The van der Waals surface area contributed by atoms with Crippen molar-refractivity contribution in [2.24, 2.45) is 4.99 Å². The second-order valence-electron chi connectivity index (χ2n) is 8.01. The van der Waals surface area contributed by atoms with Gasteiger partial charge in [0.2, 0.25) is 11.8 Å². The van der Waals surface area contributed by atoms with Gasteiger partial charge >= 0.3 is 0 Å². The Morgan fingerprint density at radius 1 is 1.09 bits per heavy atom. The number of carbonyl (C=O) groups is 2. The van der Waals surface area contributed by atoms with Crippen LogP contribution >= 0.6 is 11.8 Å². The van der Waals surface area contributed by atoms with Gasteiger partial charge in [0.05, 0.1) is 18.5 Å². The average Bonchev–Trinajstić information content (AvgIpc) is 2.87. The second-order valence-corrected chi connectivity index (χ2v) is 9.18. The van der Waals surface area contributed by atoms with E-state index in [-0.39, 0.29) is 24.1 Å². The van der Waals surface area contributed by atoms with Gasteiger partial charge < -0.3 is 10.1 Å². The van der Waals surface area contributed by atoms with Gasteiger partial charge in [-0.25, -0.2) is 9.38 Å². The first-order chi connectivity index (χ1) is 17.0. The van der Waals surface area contributed by atoms with Gasteiger partial charge in [0.15, 0.2) is 5.17 Å². The van der Waals surface area contributed by atoms with Gasteiger partial charge in [-0.2, -0.15) is 0 Å². The Hall–Kier alpha value is -3.65. The number of carbonyl (C=O) groups excluding carboxylic acids is 2. The Balaban J connectivity index is 1.52. The standard InChI is InChI=1S/C27H26FN3O3S/c1-34-23-12-6-5-11-22(23)30-26(33)24-18-25(32)31(17-7-10-19-8-3-2-4-9-19)27(35-24)29-21-15-13-20(28)14-16-21/h2-6,8-9,11-16,24H,7,10,17-18H2,1H3,(H,30,33). The topological polar surface area (TPSA) is 71.0 Å². The third-order valence-electron chi connectivity index (χ3n) is 5.54. The fourth-order valence-corrected chi connectivity index (χ4v) is 4.86. The molecule has 0 bridgehead atoms. The van der Waals surface area contributed by atoms with Crippen molar-refractivity contribution >= 4 is 40.1 Å². The van der Waals surface area contributed by atoms with Crippen molar-refractivity contribution < 1.29 is 18.7 Å². The molecule has 0 aliphatic carbocycles. The van der Waals surface area contributed by atoms with Crippen LogP contribution in [0.5, 0.6) is 5.75 Å². The van der Waals surface area contributed by atoms with E-state index in [0.717, 1.165) is 12.8 Å². The van der Waals surface area contributed by atoms with Crippen LogP contribution in [0.4, 0.5) is 15.8 Å². The summed E-state index contributed by atoms with van der Waals surface area (Å²) in [5.41, 5.74) is 2.24. The van der Waals surface area contributed by atoms with E-state index in [4.69, 9.17) is 4.74 Å². The minimum Gasteiger partial charge on any atom is -0.495 e. The van der Waals surface area contributed by atoms with E-state index < -0.39 is 5.25 Å². The lowest BCUT2D eigenvalue weighted by atomic mass is 10.1. The van der Waals surface area contributed by atoms with E-state index in [1.807, 2.05) is 24.3 Å². The molecular weight excluding hydrogens is 465 g/mol. The van der Waals surface area contributed by atoms with Gasteiger partial charge in [-0.05, 0) is 54.8 Å². The fourth-order valence-electron chi connectivity index (χ4n) is 3.73. The van der Waals surface area contributed by atoms with Crippen LogP contribution in [-0.2, 0) is 16.0 Å². The zero-order valence-corrected chi connectivity index (χ0v) is 20.1. The zero-order valence-electron chi connectivity index (χ0n) is 19.3. The lowest BCUT2D eigenvalue weighted by molar-refractivity contribution is -0.129. The van der Waals surface area contributed by atoms with Gasteiger partial charge in [0.1, 0.15) is 16.8 Å².